The van der Waals surface area contributed by atoms with Gasteiger partial charge in [-0.3, -0.25) is 4.79 Å². The maximum absolute atomic E-state index is 12.8. The van der Waals surface area contributed by atoms with Crippen LogP contribution in [0.15, 0.2) is 16.5 Å². The molecule has 3 atom stereocenters. The number of aliphatic hydroxyl groups is 2. The third-order valence-electron chi connectivity index (χ3n) is 3.90. The lowest BCUT2D eigenvalue weighted by Crippen LogP contribution is -2.50. The summed E-state index contributed by atoms with van der Waals surface area (Å²) in [6.45, 7) is 7.55. The molecule has 7 nitrogen and oxygen atoms in total. The van der Waals surface area contributed by atoms with E-state index in [1.165, 1.54) is 0 Å². The van der Waals surface area contributed by atoms with Crippen LogP contribution in [0.5, 0.6) is 5.95 Å². The summed E-state index contributed by atoms with van der Waals surface area (Å²) in [4.78, 5) is 14.4. The zero-order valence-electron chi connectivity index (χ0n) is 14.5. The lowest BCUT2D eigenvalue weighted by Gasteiger charge is -2.35. The molecule has 0 saturated carbocycles. The predicted molar refractivity (Wildman–Crippen MR) is 86.9 cm³/mol. The topological polar surface area (TPSA) is 92.4 Å². The fraction of sp³-hybridized carbons (Fsp3) is 0.706. The summed E-state index contributed by atoms with van der Waals surface area (Å²) in [6, 6.07) is 3.20. The lowest BCUT2D eigenvalue weighted by molar-refractivity contribution is -0.124. The molecule has 0 unspecified atom stereocenters. The second-order valence-electron chi connectivity index (χ2n) is 6.51. The van der Waals surface area contributed by atoms with Crippen molar-refractivity contribution < 1.29 is 28.9 Å². The van der Waals surface area contributed by atoms with Gasteiger partial charge in [-0.1, -0.05) is 13.8 Å². The summed E-state index contributed by atoms with van der Waals surface area (Å²) >= 11 is 0. The van der Waals surface area contributed by atoms with E-state index in [4.69, 9.17) is 13.9 Å². The van der Waals surface area contributed by atoms with Crippen LogP contribution >= 0.6 is 0 Å². The van der Waals surface area contributed by atoms with E-state index in [2.05, 4.69) is 0 Å². The summed E-state index contributed by atoms with van der Waals surface area (Å²) in [5.74, 6) is 0.161. The van der Waals surface area contributed by atoms with Crippen LogP contribution in [0.3, 0.4) is 0 Å². The molecule has 0 aromatic carbocycles. The van der Waals surface area contributed by atoms with Crippen LogP contribution in [0.1, 0.15) is 31.3 Å². The van der Waals surface area contributed by atoms with Crippen LogP contribution in [-0.2, 0) is 4.74 Å². The van der Waals surface area contributed by atoms with E-state index in [1.807, 2.05) is 20.8 Å². The van der Waals surface area contributed by atoms with Crippen molar-refractivity contribution in [2.75, 3.05) is 32.9 Å². The van der Waals surface area contributed by atoms with E-state index in [0.717, 1.165) is 0 Å². The third-order valence-corrected chi connectivity index (χ3v) is 3.90. The zero-order chi connectivity index (χ0) is 17.7. The maximum Gasteiger partial charge on any atom is 0.289 e. The Morgan fingerprint density at radius 3 is 2.79 bits per heavy atom. The molecule has 1 aliphatic rings. The monoisotopic (exact) mass is 341 g/mol. The van der Waals surface area contributed by atoms with Gasteiger partial charge >= 0.3 is 0 Å². The molecule has 1 aromatic rings. The van der Waals surface area contributed by atoms with Gasteiger partial charge in [0.05, 0.1) is 25.9 Å². The zero-order valence-corrected chi connectivity index (χ0v) is 14.5. The molecule has 2 rings (SSSR count). The minimum atomic E-state index is -0.923. The molecule has 2 heterocycles. The largest absolute Gasteiger partial charge is 0.465 e. The Morgan fingerprint density at radius 2 is 2.12 bits per heavy atom. The van der Waals surface area contributed by atoms with Crippen molar-refractivity contribution in [2.45, 2.75) is 33.0 Å². The maximum atomic E-state index is 12.8. The first kappa shape index (κ1) is 18.8. The highest BCUT2D eigenvalue weighted by atomic mass is 16.6. The van der Waals surface area contributed by atoms with Crippen molar-refractivity contribution in [1.29, 1.82) is 0 Å². The highest BCUT2D eigenvalue weighted by Gasteiger charge is 2.34. The quantitative estimate of drug-likeness (QED) is 0.773. The van der Waals surface area contributed by atoms with Crippen LogP contribution in [0.25, 0.3) is 0 Å². The van der Waals surface area contributed by atoms with Crippen LogP contribution in [-0.4, -0.2) is 66.1 Å². The molecule has 0 aliphatic carbocycles. The van der Waals surface area contributed by atoms with Crippen molar-refractivity contribution in [3.05, 3.63) is 17.9 Å². The van der Waals surface area contributed by atoms with E-state index in [0.29, 0.717) is 32.2 Å². The van der Waals surface area contributed by atoms with Crippen LogP contribution in [0.2, 0.25) is 0 Å². The Balaban J connectivity index is 2.09. The number of hydrogen-bond donors (Lipinski definition) is 2. The molecule has 2 N–H and O–H groups in total. The summed E-state index contributed by atoms with van der Waals surface area (Å²) in [6.07, 6.45) is -1.83. The summed E-state index contributed by atoms with van der Waals surface area (Å²) in [5.41, 5.74) is 0. The highest BCUT2D eigenvalue weighted by Crippen LogP contribution is 2.21. The van der Waals surface area contributed by atoms with Gasteiger partial charge in [0, 0.05) is 25.1 Å². The van der Waals surface area contributed by atoms with Gasteiger partial charge < -0.3 is 29.0 Å². The van der Waals surface area contributed by atoms with Gasteiger partial charge in [0.15, 0.2) is 5.76 Å². The van der Waals surface area contributed by atoms with Crippen molar-refractivity contribution >= 4 is 5.91 Å². The van der Waals surface area contributed by atoms with E-state index >= 15 is 0 Å². The van der Waals surface area contributed by atoms with Crippen LogP contribution in [0, 0.1) is 11.8 Å². The standard InChI is InChI=1S/C17H27NO6/c1-4-23-15-6-5-14(24-15)17(21)18(7-11(2)3)8-12-9-22-10-13(19)16(12)20/h5-6,11-13,16,19-20H,4,7-10H2,1-3H3/t12-,13-,16+/m1/s1. The number of nitrogens with zero attached hydrogens (tertiary/aromatic N) is 1. The first-order valence-corrected chi connectivity index (χ1v) is 8.38. The molecule has 1 amide bonds. The average Bonchev–Trinajstić information content (AvgIpc) is 2.99. The molecule has 1 fully saturated rings. The lowest BCUT2D eigenvalue weighted by atomic mass is 9.95. The molecule has 1 aliphatic heterocycles. The smallest absolute Gasteiger partial charge is 0.289 e. The minimum Gasteiger partial charge on any atom is -0.465 e. The second-order valence-corrected chi connectivity index (χ2v) is 6.51. The van der Waals surface area contributed by atoms with E-state index in [1.54, 1.807) is 17.0 Å². The van der Waals surface area contributed by atoms with Gasteiger partial charge in [0.1, 0.15) is 6.10 Å². The minimum absolute atomic E-state index is 0.117. The average molecular weight is 341 g/mol. The van der Waals surface area contributed by atoms with Gasteiger partial charge in [-0.05, 0) is 18.9 Å². The molecular weight excluding hydrogens is 314 g/mol. The molecule has 0 radical (unpaired) electrons. The summed E-state index contributed by atoms with van der Waals surface area (Å²) in [5, 5.41) is 19.9. The van der Waals surface area contributed by atoms with Gasteiger partial charge in [0.25, 0.3) is 11.9 Å². The highest BCUT2D eigenvalue weighted by molar-refractivity contribution is 5.91. The first-order valence-electron chi connectivity index (χ1n) is 8.38. The molecule has 0 spiro atoms. The van der Waals surface area contributed by atoms with Gasteiger partial charge in [0.2, 0.25) is 0 Å². The van der Waals surface area contributed by atoms with E-state index < -0.39 is 12.2 Å². The molecule has 1 saturated heterocycles. The Bertz CT molecular complexity index is 529. The number of aliphatic hydroxyl groups excluding tert-OH is 2. The summed E-state index contributed by atoms with van der Waals surface area (Å²) < 4.78 is 16.0. The Hall–Kier alpha value is -1.57. The van der Waals surface area contributed by atoms with Gasteiger partial charge in [-0.2, -0.15) is 0 Å². The second kappa shape index (κ2) is 8.50. The normalized spacial score (nSPS) is 24.2. The van der Waals surface area contributed by atoms with E-state index in [-0.39, 0.29) is 30.1 Å². The number of hydrogen-bond acceptors (Lipinski definition) is 6. The molecule has 1 aromatic heterocycles. The Morgan fingerprint density at radius 1 is 1.38 bits per heavy atom. The molecule has 7 heteroatoms. The number of furan rings is 1. The fourth-order valence-corrected chi connectivity index (χ4v) is 2.79. The number of ether oxygens (including phenoxy) is 2. The first-order chi connectivity index (χ1) is 11.4. The van der Waals surface area contributed by atoms with E-state index in [9.17, 15) is 15.0 Å². The molecular formula is C17H27NO6. The van der Waals surface area contributed by atoms with Crippen molar-refractivity contribution in [3.63, 3.8) is 0 Å². The van der Waals surface area contributed by atoms with Crippen LogP contribution in [0.4, 0.5) is 0 Å². The van der Waals surface area contributed by atoms with Crippen LogP contribution < -0.4 is 4.74 Å². The number of rotatable bonds is 7. The fourth-order valence-electron chi connectivity index (χ4n) is 2.79. The third kappa shape index (κ3) is 4.72. The number of carbonyl (C=O) groups excluding carboxylic acids is 1. The van der Waals surface area contributed by atoms with Gasteiger partial charge in [-0.15, -0.1) is 0 Å². The molecule has 0 bridgehead atoms. The summed E-state index contributed by atoms with van der Waals surface area (Å²) in [7, 11) is 0. The predicted octanol–water partition coefficient (Wildman–Crippen LogP) is 1.14. The SMILES string of the molecule is CCOc1ccc(C(=O)N(CC(C)C)C[C@@H]2COC[C@@H](O)[C@H]2O)o1. The van der Waals surface area contributed by atoms with Crippen molar-refractivity contribution in [1.82, 2.24) is 4.90 Å². The van der Waals surface area contributed by atoms with Crippen molar-refractivity contribution in [3.8, 4) is 5.95 Å². The Labute approximate surface area is 142 Å². The number of carbonyl (C=O) groups is 1. The van der Waals surface area contributed by atoms with Crippen molar-refractivity contribution in [2.24, 2.45) is 11.8 Å². The number of amides is 1. The Kier molecular flexibility index (Phi) is 6.65. The molecule has 24 heavy (non-hydrogen) atoms. The van der Waals surface area contributed by atoms with Gasteiger partial charge in [-0.25, -0.2) is 0 Å². The molecule has 136 valence electrons.